The van der Waals surface area contributed by atoms with Crippen molar-refractivity contribution in [2.24, 2.45) is 0 Å². The number of carbonyl (C=O) groups is 2. The Morgan fingerprint density at radius 2 is 1.72 bits per heavy atom. The van der Waals surface area contributed by atoms with Crippen LogP contribution in [0.5, 0.6) is 0 Å². The summed E-state index contributed by atoms with van der Waals surface area (Å²) in [6.07, 6.45) is -0.427. The van der Waals surface area contributed by atoms with E-state index in [0.29, 0.717) is 13.1 Å². The van der Waals surface area contributed by atoms with Gasteiger partial charge in [0.2, 0.25) is 5.91 Å². The summed E-state index contributed by atoms with van der Waals surface area (Å²) >= 11 is 0. The van der Waals surface area contributed by atoms with Gasteiger partial charge in [-0.05, 0) is 29.2 Å². The fraction of sp³-hybridized carbons (Fsp3) is 0.300. The molecule has 128 valence electrons. The van der Waals surface area contributed by atoms with Gasteiger partial charge >= 0.3 is 6.09 Å². The molecule has 0 aromatic heterocycles. The molecule has 0 saturated carbocycles. The molecule has 25 heavy (non-hydrogen) atoms. The summed E-state index contributed by atoms with van der Waals surface area (Å²) in [5.74, 6) is -0.106. The predicted molar refractivity (Wildman–Crippen MR) is 94.2 cm³/mol. The van der Waals surface area contributed by atoms with Crippen molar-refractivity contribution in [3.63, 3.8) is 0 Å². The molecule has 1 atom stereocenters. The summed E-state index contributed by atoms with van der Waals surface area (Å²) in [6, 6.07) is 16.0. The molecule has 4 rings (SSSR count). The summed E-state index contributed by atoms with van der Waals surface area (Å²) in [4.78, 5) is 25.7. The molecule has 5 heteroatoms. The van der Waals surface area contributed by atoms with Crippen molar-refractivity contribution < 1.29 is 14.3 Å². The first-order chi connectivity index (χ1) is 12.2. The smallest absolute Gasteiger partial charge is 0.410 e. The maximum atomic E-state index is 12.5. The van der Waals surface area contributed by atoms with E-state index < -0.39 is 12.1 Å². The number of hydrogen-bond acceptors (Lipinski definition) is 3. The van der Waals surface area contributed by atoms with Gasteiger partial charge in [-0.3, -0.25) is 9.69 Å². The maximum absolute atomic E-state index is 12.5. The van der Waals surface area contributed by atoms with Crippen LogP contribution >= 0.6 is 0 Å². The molecule has 1 fully saturated rings. The minimum atomic E-state index is -0.496. The third-order valence-electron chi connectivity index (χ3n) is 5.07. The topological polar surface area (TPSA) is 58.6 Å². The summed E-state index contributed by atoms with van der Waals surface area (Å²) < 4.78 is 5.60. The van der Waals surface area contributed by atoms with Gasteiger partial charge in [-0.2, -0.15) is 0 Å². The van der Waals surface area contributed by atoms with E-state index in [0.717, 1.165) is 0 Å². The summed E-state index contributed by atoms with van der Waals surface area (Å²) in [7, 11) is 0. The number of amides is 2. The van der Waals surface area contributed by atoms with Crippen molar-refractivity contribution in [1.82, 2.24) is 10.2 Å². The van der Waals surface area contributed by atoms with Crippen LogP contribution in [0, 0.1) is 0 Å². The fourth-order valence-electron chi connectivity index (χ4n) is 3.71. The number of piperazine rings is 1. The van der Waals surface area contributed by atoms with Gasteiger partial charge < -0.3 is 10.1 Å². The van der Waals surface area contributed by atoms with E-state index in [1.807, 2.05) is 24.3 Å². The van der Waals surface area contributed by atoms with Crippen molar-refractivity contribution in [3.8, 4) is 11.1 Å². The number of carbonyl (C=O) groups excluding carboxylic acids is 2. The van der Waals surface area contributed by atoms with Crippen LogP contribution in [0.2, 0.25) is 0 Å². The second-order valence-electron chi connectivity index (χ2n) is 6.46. The van der Waals surface area contributed by atoms with Crippen molar-refractivity contribution in [3.05, 3.63) is 59.7 Å². The molecule has 2 amide bonds. The van der Waals surface area contributed by atoms with E-state index in [9.17, 15) is 9.59 Å². The van der Waals surface area contributed by atoms with Crippen LogP contribution in [0.25, 0.3) is 11.1 Å². The van der Waals surface area contributed by atoms with Crippen LogP contribution in [0.3, 0.4) is 0 Å². The Bertz CT molecular complexity index is 788. The zero-order valence-corrected chi connectivity index (χ0v) is 14.1. The van der Waals surface area contributed by atoms with Crippen LogP contribution in [-0.4, -0.2) is 42.6 Å². The molecule has 2 aromatic carbocycles. The molecule has 2 aliphatic rings. The standard InChI is InChI=1S/C20H20N2O3/c1-13-19(23)21-10-11-22(13)20(24)25-12-18-16-8-4-2-6-14(16)15-7-3-5-9-17(15)18/h2-9,13,18H,10-12H2,1H3,(H,21,23). The molecule has 1 aliphatic heterocycles. The monoisotopic (exact) mass is 336 g/mol. The number of rotatable bonds is 2. The highest BCUT2D eigenvalue weighted by Gasteiger charge is 2.33. The number of nitrogens with zero attached hydrogens (tertiary/aromatic N) is 1. The highest BCUT2D eigenvalue weighted by Crippen LogP contribution is 2.44. The summed E-state index contributed by atoms with van der Waals surface area (Å²) in [5.41, 5.74) is 4.76. The van der Waals surface area contributed by atoms with E-state index in [2.05, 4.69) is 29.6 Å². The van der Waals surface area contributed by atoms with Crippen LogP contribution in [0.1, 0.15) is 24.0 Å². The second kappa shape index (κ2) is 6.24. The predicted octanol–water partition coefficient (Wildman–Crippen LogP) is 2.76. The van der Waals surface area contributed by atoms with Gasteiger partial charge in [0, 0.05) is 19.0 Å². The van der Waals surface area contributed by atoms with Gasteiger partial charge in [-0.1, -0.05) is 48.5 Å². The van der Waals surface area contributed by atoms with Gasteiger partial charge in [-0.15, -0.1) is 0 Å². The molecule has 5 nitrogen and oxygen atoms in total. The van der Waals surface area contributed by atoms with Gasteiger partial charge in [0.1, 0.15) is 12.6 Å². The first kappa shape index (κ1) is 15.7. The Morgan fingerprint density at radius 1 is 1.12 bits per heavy atom. The molecule has 1 unspecified atom stereocenters. The van der Waals surface area contributed by atoms with Gasteiger partial charge in [0.05, 0.1) is 0 Å². The Balaban J connectivity index is 1.53. The Morgan fingerprint density at radius 3 is 2.36 bits per heavy atom. The normalized spacial score (nSPS) is 19.2. The van der Waals surface area contributed by atoms with Crippen LogP contribution in [0.4, 0.5) is 4.79 Å². The zero-order chi connectivity index (χ0) is 17.4. The zero-order valence-electron chi connectivity index (χ0n) is 14.1. The molecule has 2 aromatic rings. The molecule has 1 saturated heterocycles. The molecule has 1 heterocycles. The number of fused-ring (bicyclic) bond motifs is 3. The molecule has 0 spiro atoms. The van der Waals surface area contributed by atoms with Crippen molar-refractivity contribution in [2.75, 3.05) is 19.7 Å². The average Bonchev–Trinajstić information content (AvgIpc) is 2.96. The highest BCUT2D eigenvalue weighted by molar-refractivity contribution is 5.86. The van der Waals surface area contributed by atoms with Gasteiger partial charge in [0.25, 0.3) is 0 Å². The molecule has 0 bridgehead atoms. The van der Waals surface area contributed by atoms with Gasteiger partial charge in [0.15, 0.2) is 0 Å². The SMILES string of the molecule is CC1C(=O)NCCN1C(=O)OCC1c2ccccc2-c2ccccc21. The van der Waals surface area contributed by atoms with E-state index >= 15 is 0 Å². The number of ether oxygens (including phenoxy) is 1. The molecular formula is C20H20N2O3. The number of hydrogen-bond donors (Lipinski definition) is 1. The lowest BCUT2D eigenvalue weighted by atomic mass is 9.98. The van der Waals surface area contributed by atoms with E-state index in [-0.39, 0.29) is 18.4 Å². The third kappa shape index (κ3) is 2.65. The largest absolute Gasteiger partial charge is 0.448 e. The Labute approximate surface area is 146 Å². The van der Waals surface area contributed by atoms with Crippen molar-refractivity contribution in [1.29, 1.82) is 0 Å². The van der Waals surface area contributed by atoms with Crippen molar-refractivity contribution in [2.45, 2.75) is 18.9 Å². The Hall–Kier alpha value is -2.82. The van der Waals surface area contributed by atoms with Crippen LogP contribution < -0.4 is 5.32 Å². The lowest BCUT2D eigenvalue weighted by molar-refractivity contribution is -0.127. The second-order valence-corrected chi connectivity index (χ2v) is 6.46. The van der Waals surface area contributed by atoms with Crippen LogP contribution in [-0.2, 0) is 9.53 Å². The first-order valence-electron chi connectivity index (χ1n) is 8.56. The quantitative estimate of drug-likeness (QED) is 0.917. The maximum Gasteiger partial charge on any atom is 0.410 e. The first-order valence-corrected chi connectivity index (χ1v) is 8.56. The minimum absolute atomic E-state index is 0.0327. The van der Waals surface area contributed by atoms with E-state index in [1.54, 1.807) is 6.92 Å². The highest BCUT2D eigenvalue weighted by atomic mass is 16.6. The van der Waals surface area contributed by atoms with Crippen molar-refractivity contribution >= 4 is 12.0 Å². The molecular weight excluding hydrogens is 316 g/mol. The molecule has 1 aliphatic carbocycles. The third-order valence-corrected chi connectivity index (χ3v) is 5.07. The molecule has 1 N–H and O–H groups in total. The minimum Gasteiger partial charge on any atom is -0.448 e. The van der Waals surface area contributed by atoms with Crippen LogP contribution in [0.15, 0.2) is 48.5 Å². The van der Waals surface area contributed by atoms with E-state index in [4.69, 9.17) is 4.74 Å². The lowest BCUT2D eigenvalue weighted by Crippen LogP contribution is -2.56. The van der Waals surface area contributed by atoms with E-state index in [1.165, 1.54) is 27.2 Å². The average molecular weight is 336 g/mol. The van der Waals surface area contributed by atoms with Gasteiger partial charge in [-0.25, -0.2) is 4.79 Å². The molecule has 0 radical (unpaired) electrons. The lowest BCUT2D eigenvalue weighted by Gasteiger charge is -2.32. The fourth-order valence-corrected chi connectivity index (χ4v) is 3.71. The number of nitrogens with one attached hydrogen (secondary N) is 1. The summed E-state index contributed by atoms with van der Waals surface area (Å²) in [5, 5.41) is 2.75. The summed E-state index contributed by atoms with van der Waals surface area (Å²) in [6.45, 7) is 2.94. The number of benzene rings is 2. The Kier molecular flexibility index (Phi) is 3.92.